The Morgan fingerprint density at radius 2 is 1.45 bits per heavy atom. The van der Waals surface area contributed by atoms with E-state index in [1.165, 1.54) is 16.8 Å². The first-order chi connectivity index (χ1) is 29.7. The number of nitrogens with zero attached hydrogens (tertiary/aromatic N) is 3. The normalized spacial score (nSPS) is 20.7. The molecular weight excluding hydrogens is 858 g/mol. The van der Waals surface area contributed by atoms with Crippen molar-refractivity contribution in [2.45, 2.75) is 69.9 Å². The van der Waals surface area contributed by atoms with Gasteiger partial charge in [0.2, 0.25) is 0 Å². The van der Waals surface area contributed by atoms with E-state index < -0.39 is 59.8 Å². The predicted molar refractivity (Wildman–Crippen MR) is 240 cm³/mol. The molecule has 3 N–H and O–H groups in total. The molecule has 0 bridgehead atoms. The monoisotopic (exact) mass is 913 g/mol. The summed E-state index contributed by atoms with van der Waals surface area (Å²) in [6.45, 7) is 8.60. The van der Waals surface area contributed by atoms with E-state index in [4.69, 9.17) is 50.7 Å². The first kappa shape index (κ1) is 47.3. The maximum absolute atomic E-state index is 13.6. The summed E-state index contributed by atoms with van der Waals surface area (Å²) in [5.74, 6) is 1.09. The minimum atomic E-state index is -3.25. The van der Waals surface area contributed by atoms with Crippen molar-refractivity contribution < 1.29 is 41.1 Å². The number of aromatic nitrogens is 2. The summed E-state index contributed by atoms with van der Waals surface area (Å²) >= 11 is 5.86. The number of nitrogens with two attached hydrogens (primary N) is 1. The van der Waals surface area contributed by atoms with Crippen molar-refractivity contribution in [2.24, 2.45) is 5.73 Å². The van der Waals surface area contributed by atoms with Crippen molar-refractivity contribution in [3.05, 3.63) is 129 Å². The summed E-state index contributed by atoms with van der Waals surface area (Å²) < 4.78 is 73.5. The van der Waals surface area contributed by atoms with Gasteiger partial charge >= 0.3 is 5.69 Å². The van der Waals surface area contributed by atoms with Crippen LogP contribution < -0.4 is 26.5 Å². The van der Waals surface area contributed by atoms with Gasteiger partial charge in [0.05, 0.1) is 38.9 Å². The number of H-pyrrole nitrogens is 1. The lowest BCUT2D eigenvalue weighted by atomic mass is 9.80. The van der Waals surface area contributed by atoms with Gasteiger partial charge in [-0.15, -0.1) is 0 Å². The Balaban J connectivity index is 1.51. The van der Waals surface area contributed by atoms with Crippen LogP contribution in [-0.4, -0.2) is 122 Å². The molecule has 62 heavy (non-hydrogen) atoms. The molecule has 16 nitrogen and oxygen atoms in total. The van der Waals surface area contributed by atoms with E-state index in [1.807, 2.05) is 107 Å². The SMILES string of the molecule is COc1ccc(C(OC[C@H]2O[C@@H](n3ccc(=O)[nH]c3=O)[C@@H](OC(=S)N3CCS(=O)(=O)CC3)[C@@H]2OP(OCCN)N(C(C)C)C(C)C)(c2ccccc2)c2ccc(OC)cc2)cc1. The number of thiocarbonyl (C=S) groups is 1. The van der Waals surface area contributed by atoms with Gasteiger partial charge in [-0.1, -0.05) is 54.6 Å². The van der Waals surface area contributed by atoms with Crippen LogP contribution in [0.3, 0.4) is 0 Å². The number of rotatable bonds is 18. The fourth-order valence-corrected chi connectivity index (χ4v) is 11.0. The minimum Gasteiger partial charge on any atom is -0.497 e. The van der Waals surface area contributed by atoms with Gasteiger partial charge in [-0.05, 0) is 80.9 Å². The quantitative estimate of drug-likeness (QED) is 0.0803. The summed E-state index contributed by atoms with van der Waals surface area (Å²) in [4.78, 5) is 29.9. The molecule has 336 valence electrons. The molecule has 0 saturated carbocycles. The molecule has 1 unspecified atom stereocenters. The molecule has 19 heteroatoms. The number of hydrogen-bond donors (Lipinski definition) is 2. The highest BCUT2D eigenvalue weighted by Crippen LogP contribution is 2.51. The number of sulfone groups is 1. The van der Waals surface area contributed by atoms with Crippen LogP contribution in [0.4, 0.5) is 0 Å². The number of benzene rings is 3. The van der Waals surface area contributed by atoms with Crippen LogP contribution >= 0.6 is 20.7 Å². The maximum atomic E-state index is 13.6. The van der Waals surface area contributed by atoms with Gasteiger partial charge in [0.15, 0.2) is 22.2 Å². The third kappa shape index (κ3) is 10.7. The third-order valence-electron chi connectivity index (χ3n) is 10.7. The van der Waals surface area contributed by atoms with Crippen molar-refractivity contribution in [3.8, 4) is 11.5 Å². The molecule has 3 aromatic carbocycles. The zero-order chi connectivity index (χ0) is 44.6. The van der Waals surface area contributed by atoms with Crippen molar-refractivity contribution >= 4 is 35.8 Å². The Morgan fingerprint density at radius 3 is 1.97 bits per heavy atom. The number of hydrogen-bond acceptors (Lipinski definition) is 14. The molecule has 2 aliphatic heterocycles. The van der Waals surface area contributed by atoms with E-state index in [0.717, 1.165) is 16.7 Å². The molecule has 0 amide bonds. The molecule has 5 atom stereocenters. The summed E-state index contributed by atoms with van der Waals surface area (Å²) in [7, 11) is -1.93. The molecule has 3 heterocycles. The van der Waals surface area contributed by atoms with E-state index >= 15 is 0 Å². The minimum absolute atomic E-state index is 0.00183. The summed E-state index contributed by atoms with van der Waals surface area (Å²) in [5, 5.41) is -0.00183. The average Bonchev–Trinajstić information content (AvgIpc) is 3.58. The molecule has 1 aromatic heterocycles. The van der Waals surface area contributed by atoms with E-state index in [9.17, 15) is 18.0 Å². The molecule has 0 spiro atoms. The van der Waals surface area contributed by atoms with E-state index in [-0.39, 0.29) is 61.6 Å². The Labute approximate surface area is 369 Å². The topological polar surface area (TPSA) is 186 Å². The van der Waals surface area contributed by atoms with E-state index in [2.05, 4.69) is 9.65 Å². The van der Waals surface area contributed by atoms with Crippen LogP contribution in [0, 0.1) is 0 Å². The average molecular weight is 914 g/mol. The fourth-order valence-electron chi connectivity index (χ4n) is 7.67. The van der Waals surface area contributed by atoms with Gasteiger partial charge in [-0.25, -0.2) is 17.9 Å². The first-order valence-corrected chi connectivity index (χ1v) is 23.8. The lowest BCUT2D eigenvalue weighted by Gasteiger charge is -2.39. The van der Waals surface area contributed by atoms with Gasteiger partial charge < -0.3 is 43.4 Å². The smallest absolute Gasteiger partial charge is 0.330 e. The molecule has 2 saturated heterocycles. The van der Waals surface area contributed by atoms with E-state index in [1.54, 1.807) is 19.1 Å². The highest BCUT2D eigenvalue weighted by Gasteiger charge is 2.53. The molecule has 2 aliphatic rings. The van der Waals surface area contributed by atoms with Crippen LogP contribution in [-0.2, 0) is 38.7 Å². The van der Waals surface area contributed by atoms with Gasteiger partial charge in [0.1, 0.15) is 29.3 Å². The van der Waals surface area contributed by atoms with Gasteiger partial charge in [0.25, 0.3) is 19.3 Å². The summed E-state index contributed by atoms with van der Waals surface area (Å²) in [6.07, 6.45) is -3.09. The Morgan fingerprint density at radius 1 is 0.887 bits per heavy atom. The van der Waals surface area contributed by atoms with Crippen LogP contribution in [0.25, 0.3) is 0 Å². The molecule has 2 fully saturated rings. The van der Waals surface area contributed by atoms with Crippen molar-refractivity contribution in [2.75, 3.05) is 58.6 Å². The number of methoxy groups -OCH3 is 2. The predicted octanol–water partition coefficient (Wildman–Crippen LogP) is 4.57. The molecule has 0 radical (unpaired) electrons. The van der Waals surface area contributed by atoms with Crippen molar-refractivity contribution in [1.29, 1.82) is 0 Å². The first-order valence-electron chi connectivity index (χ1n) is 20.4. The highest BCUT2D eigenvalue weighted by molar-refractivity contribution is 7.91. The number of nitrogens with one attached hydrogen (secondary N) is 1. The number of aromatic amines is 1. The fraction of sp³-hybridized carbons (Fsp3) is 0.465. The van der Waals surface area contributed by atoms with Crippen molar-refractivity contribution in [3.63, 3.8) is 0 Å². The maximum Gasteiger partial charge on any atom is 0.330 e. The summed E-state index contributed by atoms with van der Waals surface area (Å²) in [6, 6.07) is 26.1. The largest absolute Gasteiger partial charge is 0.497 e. The zero-order valence-corrected chi connectivity index (χ0v) is 38.3. The van der Waals surface area contributed by atoms with E-state index in [0.29, 0.717) is 11.5 Å². The van der Waals surface area contributed by atoms with Gasteiger partial charge in [-0.2, -0.15) is 0 Å². The molecule has 4 aromatic rings. The highest BCUT2D eigenvalue weighted by atomic mass is 32.2. The number of ether oxygens (including phenoxy) is 5. The second-order valence-corrected chi connectivity index (χ2v) is 19.4. The summed E-state index contributed by atoms with van der Waals surface area (Å²) in [5.41, 5.74) is 5.69. The van der Waals surface area contributed by atoms with Crippen LogP contribution in [0.15, 0.2) is 101 Å². The van der Waals surface area contributed by atoms with Crippen LogP contribution in [0.2, 0.25) is 0 Å². The lowest BCUT2D eigenvalue weighted by molar-refractivity contribution is -0.0944. The Hall–Kier alpha value is -4.23. The Bertz CT molecular complexity index is 2250. The zero-order valence-electron chi connectivity index (χ0n) is 35.7. The molecule has 6 rings (SSSR count). The Kier molecular flexibility index (Phi) is 16.0. The third-order valence-corrected chi connectivity index (χ3v) is 14.8. The van der Waals surface area contributed by atoms with Gasteiger partial charge in [0, 0.05) is 44.0 Å². The second-order valence-electron chi connectivity index (χ2n) is 15.4. The standard InChI is InChI=1S/C43H56N5O11PS2/c1-29(2)48(30(3)4)60(56-25-21-44)59-38-36(57-40(47-22-20-37(49)45-41(47)50)39(38)58-42(61)46-23-26-62(51,52)27-24-46)28-55-43(31-10-8-7-9-11-31,32-12-16-34(53-5)17-13-32)33-14-18-35(54-6)19-15-33/h7-20,22,29-30,36,38-40H,21,23-28,44H2,1-6H3,(H,45,49,50)/t36-,38-,39+,40-,60?/m1/s1. The molecular formula is C43H56N5O11PS2. The van der Waals surface area contributed by atoms with Gasteiger partial charge in [-0.3, -0.25) is 14.3 Å². The lowest BCUT2D eigenvalue weighted by Crippen LogP contribution is -2.48. The van der Waals surface area contributed by atoms with Crippen molar-refractivity contribution in [1.82, 2.24) is 19.1 Å². The van der Waals surface area contributed by atoms with Crippen LogP contribution in [0.5, 0.6) is 11.5 Å². The van der Waals surface area contributed by atoms with Crippen LogP contribution in [0.1, 0.15) is 50.6 Å². The second kappa shape index (κ2) is 21.0. The molecule has 0 aliphatic carbocycles.